The molecule has 110 valence electrons. The Morgan fingerprint density at radius 3 is 2.10 bits per heavy atom. The number of primary sulfonamides is 1. The van der Waals surface area contributed by atoms with Gasteiger partial charge in [0.25, 0.3) is 5.91 Å². The SMILES string of the molecule is NC(=O)C(O)(c1ccccc1)c1cccc(S(N)(=O)=O)c1. The third kappa shape index (κ3) is 2.80. The van der Waals surface area contributed by atoms with Crippen LogP contribution < -0.4 is 10.9 Å². The lowest BCUT2D eigenvalue weighted by Crippen LogP contribution is -2.42. The Hall–Kier alpha value is -2.22. The molecule has 0 aliphatic heterocycles. The molecule has 0 aliphatic carbocycles. The van der Waals surface area contributed by atoms with E-state index in [9.17, 15) is 18.3 Å². The van der Waals surface area contributed by atoms with Crippen LogP contribution in [0.15, 0.2) is 59.5 Å². The van der Waals surface area contributed by atoms with E-state index in [4.69, 9.17) is 10.9 Å². The first-order valence-electron chi connectivity index (χ1n) is 5.97. The van der Waals surface area contributed by atoms with Crippen molar-refractivity contribution in [2.75, 3.05) is 0 Å². The Labute approximate surface area is 122 Å². The summed E-state index contributed by atoms with van der Waals surface area (Å²) in [5.74, 6) is -1.01. The van der Waals surface area contributed by atoms with E-state index < -0.39 is 21.5 Å². The number of amides is 1. The van der Waals surface area contributed by atoms with E-state index in [-0.39, 0.29) is 16.0 Å². The van der Waals surface area contributed by atoms with E-state index in [0.29, 0.717) is 0 Å². The number of carbonyl (C=O) groups excluding carboxylic acids is 1. The van der Waals surface area contributed by atoms with Gasteiger partial charge in [0, 0.05) is 0 Å². The zero-order valence-electron chi connectivity index (χ0n) is 10.9. The molecule has 6 nitrogen and oxygen atoms in total. The van der Waals surface area contributed by atoms with Crippen molar-refractivity contribution in [2.24, 2.45) is 10.9 Å². The predicted molar refractivity (Wildman–Crippen MR) is 76.5 cm³/mol. The molecule has 0 radical (unpaired) electrons. The van der Waals surface area contributed by atoms with E-state index in [1.165, 1.54) is 30.3 Å². The fourth-order valence-electron chi connectivity index (χ4n) is 2.03. The lowest BCUT2D eigenvalue weighted by molar-refractivity contribution is -0.133. The quantitative estimate of drug-likeness (QED) is 0.738. The highest BCUT2D eigenvalue weighted by Crippen LogP contribution is 2.30. The summed E-state index contributed by atoms with van der Waals surface area (Å²) in [6.07, 6.45) is 0. The van der Waals surface area contributed by atoms with E-state index in [1.807, 2.05) is 0 Å². The van der Waals surface area contributed by atoms with Gasteiger partial charge in [-0.25, -0.2) is 13.6 Å². The van der Waals surface area contributed by atoms with Gasteiger partial charge in [0.15, 0.2) is 5.60 Å². The number of hydrogen-bond donors (Lipinski definition) is 3. The number of rotatable bonds is 4. The summed E-state index contributed by atoms with van der Waals surface area (Å²) < 4.78 is 22.8. The molecule has 2 aromatic rings. The Kier molecular flexibility index (Phi) is 3.82. The molecule has 0 saturated heterocycles. The molecule has 1 unspecified atom stereocenters. The van der Waals surface area contributed by atoms with Gasteiger partial charge < -0.3 is 10.8 Å². The molecule has 7 heteroatoms. The molecule has 1 amide bonds. The van der Waals surface area contributed by atoms with Crippen LogP contribution >= 0.6 is 0 Å². The average Bonchev–Trinajstić information content (AvgIpc) is 2.46. The minimum Gasteiger partial charge on any atom is -0.372 e. The maximum Gasteiger partial charge on any atom is 0.258 e. The summed E-state index contributed by atoms with van der Waals surface area (Å²) in [4.78, 5) is 11.6. The lowest BCUT2D eigenvalue weighted by Gasteiger charge is -2.26. The molecule has 0 aromatic heterocycles. The van der Waals surface area contributed by atoms with Gasteiger partial charge in [-0.1, -0.05) is 42.5 Å². The molecule has 0 saturated carbocycles. The zero-order valence-corrected chi connectivity index (χ0v) is 11.7. The zero-order chi connectivity index (χ0) is 15.7. The van der Waals surface area contributed by atoms with Crippen LogP contribution in [0.25, 0.3) is 0 Å². The minimum atomic E-state index is -3.96. The Morgan fingerprint density at radius 2 is 1.57 bits per heavy atom. The monoisotopic (exact) mass is 306 g/mol. The van der Waals surface area contributed by atoms with Crippen molar-refractivity contribution in [1.29, 1.82) is 0 Å². The second-order valence-electron chi connectivity index (χ2n) is 4.51. The molecule has 0 spiro atoms. The number of aliphatic hydroxyl groups is 1. The first-order valence-corrected chi connectivity index (χ1v) is 7.52. The van der Waals surface area contributed by atoms with Gasteiger partial charge in [0.2, 0.25) is 10.0 Å². The number of sulfonamides is 1. The summed E-state index contributed by atoms with van der Waals surface area (Å²) in [5, 5.41) is 15.8. The number of carbonyl (C=O) groups is 1. The largest absolute Gasteiger partial charge is 0.372 e. The van der Waals surface area contributed by atoms with Gasteiger partial charge >= 0.3 is 0 Å². The highest BCUT2D eigenvalue weighted by atomic mass is 32.2. The van der Waals surface area contributed by atoms with Crippen molar-refractivity contribution in [3.8, 4) is 0 Å². The fourth-order valence-corrected chi connectivity index (χ4v) is 2.59. The van der Waals surface area contributed by atoms with E-state index in [1.54, 1.807) is 18.2 Å². The van der Waals surface area contributed by atoms with Crippen molar-refractivity contribution < 1.29 is 18.3 Å². The van der Waals surface area contributed by atoms with Crippen LogP contribution in [0.4, 0.5) is 0 Å². The highest BCUT2D eigenvalue weighted by molar-refractivity contribution is 7.89. The summed E-state index contributed by atoms with van der Waals surface area (Å²) >= 11 is 0. The number of hydrogen-bond acceptors (Lipinski definition) is 4. The molecule has 2 rings (SSSR count). The topological polar surface area (TPSA) is 123 Å². The molecule has 5 N–H and O–H groups in total. The van der Waals surface area contributed by atoms with Crippen molar-refractivity contribution >= 4 is 15.9 Å². The smallest absolute Gasteiger partial charge is 0.258 e. The predicted octanol–water partition coefficient (Wildman–Crippen LogP) is 0.0552. The normalized spacial score (nSPS) is 14.4. The van der Waals surface area contributed by atoms with Crippen molar-refractivity contribution in [3.05, 3.63) is 65.7 Å². The van der Waals surface area contributed by atoms with Crippen LogP contribution in [-0.4, -0.2) is 19.4 Å². The second kappa shape index (κ2) is 5.28. The van der Waals surface area contributed by atoms with Crippen molar-refractivity contribution in [1.82, 2.24) is 0 Å². The summed E-state index contributed by atoms with van der Waals surface area (Å²) in [7, 11) is -3.96. The highest BCUT2D eigenvalue weighted by Gasteiger charge is 2.38. The molecular formula is C14H14N2O4S. The van der Waals surface area contributed by atoms with Gasteiger partial charge in [-0.15, -0.1) is 0 Å². The van der Waals surface area contributed by atoms with E-state index >= 15 is 0 Å². The maximum atomic E-state index is 11.8. The van der Waals surface area contributed by atoms with Crippen LogP contribution in [0.1, 0.15) is 11.1 Å². The molecule has 0 bridgehead atoms. The molecule has 1 atom stereocenters. The lowest BCUT2D eigenvalue weighted by atomic mass is 9.86. The van der Waals surface area contributed by atoms with E-state index in [0.717, 1.165) is 6.07 Å². The molecule has 2 aromatic carbocycles. The summed E-state index contributed by atoms with van der Waals surface area (Å²) in [6, 6.07) is 13.2. The summed E-state index contributed by atoms with van der Waals surface area (Å²) in [6.45, 7) is 0. The number of nitrogens with two attached hydrogens (primary N) is 2. The second-order valence-corrected chi connectivity index (χ2v) is 6.07. The first kappa shape index (κ1) is 15.2. The minimum absolute atomic E-state index is 0.0349. The van der Waals surface area contributed by atoms with Crippen molar-refractivity contribution in [2.45, 2.75) is 10.5 Å². The van der Waals surface area contributed by atoms with Crippen LogP contribution in [0.5, 0.6) is 0 Å². The molecule has 21 heavy (non-hydrogen) atoms. The number of primary amides is 1. The van der Waals surface area contributed by atoms with Crippen LogP contribution in [0.2, 0.25) is 0 Å². The Balaban J connectivity index is 2.68. The molecular weight excluding hydrogens is 292 g/mol. The van der Waals surface area contributed by atoms with Gasteiger partial charge in [0.1, 0.15) is 0 Å². The standard InChI is InChI=1S/C14H14N2O4S/c15-13(17)14(18,10-5-2-1-3-6-10)11-7-4-8-12(9-11)21(16,19)20/h1-9,18H,(H2,15,17)(H2,16,19,20). The van der Waals surface area contributed by atoms with Gasteiger partial charge in [-0.3, -0.25) is 4.79 Å². The first-order chi connectivity index (χ1) is 9.76. The fraction of sp³-hybridized carbons (Fsp3) is 0.0714. The van der Waals surface area contributed by atoms with Gasteiger partial charge in [-0.05, 0) is 23.3 Å². The summed E-state index contributed by atoms with van der Waals surface area (Å²) in [5.41, 5.74) is 3.46. The average molecular weight is 306 g/mol. The van der Waals surface area contributed by atoms with Gasteiger partial charge in [-0.2, -0.15) is 0 Å². The molecule has 0 aliphatic rings. The third-order valence-electron chi connectivity index (χ3n) is 3.13. The maximum absolute atomic E-state index is 11.8. The Bertz CT molecular complexity index is 775. The van der Waals surface area contributed by atoms with Crippen LogP contribution in [0.3, 0.4) is 0 Å². The van der Waals surface area contributed by atoms with Crippen molar-refractivity contribution in [3.63, 3.8) is 0 Å². The molecule has 0 heterocycles. The van der Waals surface area contributed by atoms with E-state index in [2.05, 4.69) is 0 Å². The van der Waals surface area contributed by atoms with Crippen LogP contribution in [0, 0.1) is 0 Å². The third-order valence-corrected chi connectivity index (χ3v) is 4.04. The Morgan fingerprint density at radius 1 is 1.00 bits per heavy atom. The number of benzene rings is 2. The van der Waals surface area contributed by atoms with Crippen LogP contribution in [-0.2, 0) is 20.4 Å². The van der Waals surface area contributed by atoms with Gasteiger partial charge in [0.05, 0.1) is 4.90 Å². The molecule has 0 fully saturated rings.